The van der Waals surface area contributed by atoms with Crippen LogP contribution in [0.25, 0.3) is 22.6 Å². The van der Waals surface area contributed by atoms with Crippen molar-refractivity contribution in [3.05, 3.63) is 48.2 Å². The number of ether oxygens (including phenoxy) is 2. The van der Waals surface area contributed by atoms with Gasteiger partial charge >= 0.3 is 0 Å². The number of carbonyl (C=O) groups excluding carboxylic acids is 1. The predicted octanol–water partition coefficient (Wildman–Crippen LogP) is 2.62. The van der Waals surface area contributed by atoms with Crippen LogP contribution in [0.1, 0.15) is 32.4 Å². The van der Waals surface area contributed by atoms with Crippen LogP contribution in [0, 0.1) is 11.2 Å². The smallest absolute Gasteiger partial charge is 0.230 e. The maximum absolute atomic E-state index is 13.6. The van der Waals surface area contributed by atoms with E-state index >= 15 is 0 Å². The van der Waals surface area contributed by atoms with Gasteiger partial charge in [-0.3, -0.25) is 4.79 Å². The molecule has 0 saturated carbocycles. The molecule has 1 aliphatic rings. The third-order valence-electron chi connectivity index (χ3n) is 5.59. The highest BCUT2D eigenvalue weighted by Gasteiger charge is 2.40. The average Bonchev–Trinajstić information content (AvgIpc) is 3.32. The van der Waals surface area contributed by atoms with Crippen molar-refractivity contribution < 1.29 is 18.7 Å². The third kappa shape index (κ3) is 5.64. The summed E-state index contributed by atoms with van der Waals surface area (Å²) < 4.78 is 25.4. The van der Waals surface area contributed by atoms with E-state index in [0.717, 1.165) is 6.42 Å². The van der Waals surface area contributed by atoms with Crippen LogP contribution in [0.15, 0.2) is 36.5 Å². The van der Waals surface area contributed by atoms with Gasteiger partial charge in [0.05, 0.1) is 35.7 Å². The van der Waals surface area contributed by atoms with Crippen molar-refractivity contribution in [2.45, 2.75) is 26.6 Å². The van der Waals surface area contributed by atoms with Crippen LogP contribution in [-0.4, -0.2) is 58.7 Å². The van der Waals surface area contributed by atoms with E-state index < -0.39 is 11.7 Å². The zero-order valence-electron chi connectivity index (χ0n) is 19.8. The summed E-state index contributed by atoms with van der Waals surface area (Å²) in [4.78, 5) is 29.3. The van der Waals surface area contributed by atoms with Gasteiger partial charge in [-0.15, -0.1) is 0 Å². The number of carbonyl (C=O) groups is 1. The van der Waals surface area contributed by atoms with Gasteiger partial charge in [-0.2, -0.15) is 0 Å². The molecular weight excluding hydrogens is 453 g/mol. The molecule has 2 aromatic heterocycles. The Balaban J connectivity index is 1.62. The minimum atomic E-state index is -0.799. The Kier molecular flexibility index (Phi) is 7.69. The molecule has 35 heavy (non-hydrogen) atoms. The quantitative estimate of drug-likeness (QED) is 0.364. The molecule has 3 heterocycles. The molecule has 186 valence electrons. The fourth-order valence-electron chi connectivity index (χ4n) is 3.62. The normalized spacial score (nSPS) is 19.9. The molecule has 1 fully saturated rings. The van der Waals surface area contributed by atoms with Crippen molar-refractivity contribution >= 4 is 11.9 Å². The van der Waals surface area contributed by atoms with Crippen LogP contribution in [0.5, 0.6) is 0 Å². The largest absolute Gasteiger partial charge is 0.355 e. The lowest BCUT2D eigenvalue weighted by molar-refractivity contribution is -0.231. The van der Waals surface area contributed by atoms with E-state index in [9.17, 15) is 9.18 Å². The SMILES string of the molecule is CCCNC(=O)C1(C)COC(c2nc(-c3ccc(F)cc3)c(-c3ccnc(NCCN)n3)[nH]2)OC1. The lowest BCUT2D eigenvalue weighted by atomic mass is 9.91. The Hall–Kier alpha value is -3.41. The van der Waals surface area contributed by atoms with Crippen LogP contribution in [-0.2, 0) is 14.3 Å². The molecule has 0 bridgehead atoms. The molecule has 0 radical (unpaired) electrons. The topological polar surface area (TPSA) is 140 Å². The first-order valence-electron chi connectivity index (χ1n) is 11.6. The number of benzene rings is 1. The number of nitrogens with zero attached hydrogens (tertiary/aromatic N) is 3. The first kappa shape index (κ1) is 24.7. The molecule has 0 unspecified atom stereocenters. The van der Waals surface area contributed by atoms with Gasteiger partial charge in [0.25, 0.3) is 0 Å². The van der Waals surface area contributed by atoms with E-state index in [-0.39, 0.29) is 24.9 Å². The zero-order valence-corrected chi connectivity index (χ0v) is 19.8. The van der Waals surface area contributed by atoms with Crippen LogP contribution < -0.4 is 16.4 Å². The second-order valence-corrected chi connectivity index (χ2v) is 8.60. The Morgan fingerprint density at radius 2 is 1.94 bits per heavy atom. The van der Waals surface area contributed by atoms with Crippen LogP contribution in [0.4, 0.5) is 10.3 Å². The summed E-state index contributed by atoms with van der Waals surface area (Å²) in [6.45, 7) is 5.72. The standard InChI is InChI=1S/C24H30FN7O3/c1-3-10-27-22(33)24(2)13-34-21(35-14-24)20-31-18(15-4-6-16(25)7-5-15)19(32-20)17-8-11-28-23(30-17)29-12-9-26/h4-8,11,21H,3,9-10,12-14,26H2,1-2H3,(H,27,33)(H,31,32)(H,28,29,30). The Morgan fingerprint density at radius 3 is 2.63 bits per heavy atom. The number of hydrogen-bond donors (Lipinski definition) is 4. The molecule has 10 nitrogen and oxygen atoms in total. The Morgan fingerprint density at radius 1 is 1.20 bits per heavy atom. The molecule has 1 amide bonds. The van der Waals surface area contributed by atoms with Crippen molar-refractivity contribution in [3.8, 4) is 22.6 Å². The summed E-state index contributed by atoms with van der Waals surface area (Å²) in [6, 6.07) is 7.78. The first-order chi connectivity index (χ1) is 16.9. The number of nitrogens with one attached hydrogen (secondary N) is 3. The number of rotatable bonds is 9. The summed E-state index contributed by atoms with van der Waals surface area (Å²) in [7, 11) is 0. The molecule has 0 aliphatic carbocycles. The number of hydrogen-bond acceptors (Lipinski definition) is 8. The van der Waals surface area contributed by atoms with Gasteiger partial charge in [0.1, 0.15) is 5.82 Å². The second-order valence-electron chi connectivity index (χ2n) is 8.60. The van der Waals surface area contributed by atoms with Crippen molar-refractivity contribution in [2.75, 3.05) is 38.2 Å². The predicted molar refractivity (Wildman–Crippen MR) is 129 cm³/mol. The Bertz CT molecular complexity index is 1140. The second kappa shape index (κ2) is 10.9. The number of nitrogens with two attached hydrogens (primary N) is 1. The van der Waals surface area contributed by atoms with E-state index in [1.807, 2.05) is 13.8 Å². The number of halogens is 1. The molecule has 5 N–H and O–H groups in total. The van der Waals surface area contributed by atoms with Crippen LogP contribution >= 0.6 is 0 Å². The van der Waals surface area contributed by atoms with E-state index in [1.54, 1.807) is 24.4 Å². The highest BCUT2D eigenvalue weighted by molar-refractivity contribution is 5.82. The molecular formula is C24H30FN7O3. The fourth-order valence-corrected chi connectivity index (χ4v) is 3.62. The molecule has 0 atom stereocenters. The summed E-state index contributed by atoms with van der Waals surface area (Å²) >= 11 is 0. The van der Waals surface area contributed by atoms with Crippen LogP contribution in [0.2, 0.25) is 0 Å². The molecule has 3 aromatic rings. The highest BCUT2D eigenvalue weighted by Crippen LogP contribution is 2.35. The van der Waals surface area contributed by atoms with Crippen molar-refractivity contribution in [2.24, 2.45) is 11.1 Å². The number of H-pyrrole nitrogens is 1. The van der Waals surface area contributed by atoms with Gasteiger partial charge in [-0.05, 0) is 43.7 Å². The number of imidazole rings is 1. The van der Waals surface area contributed by atoms with E-state index in [4.69, 9.17) is 20.2 Å². The molecule has 1 aliphatic heterocycles. The van der Waals surface area contributed by atoms with Gasteiger partial charge < -0.3 is 30.8 Å². The van der Waals surface area contributed by atoms with Gasteiger partial charge in [-0.1, -0.05) is 6.92 Å². The molecule has 0 spiro atoms. The monoisotopic (exact) mass is 483 g/mol. The van der Waals surface area contributed by atoms with E-state index in [1.165, 1.54) is 12.1 Å². The number of aromatic amines is 1. The lowest BCUT2D eigenvalue weighted by Gasteiger charge is -2.35. The average molecular weight is 484 g/mol. The van der Waals surface area contributed by atoms with E-state index in [0.29, 0.717) is 54.1 Å². The highest BCUT2D eigenvalue weighted by atomic mass is 19.1. The van der Waals surface area contributed by atoms with Gasteiger partial charge in [0, 0.05) is 31.4 Å². The lowest BCUT2D eigenvalue weighted by Crippen LogP contribution is -2.48. The summed E-state index contributed by atoms with van der Waals surface area (Å²) in [6.07, 6.45) is 1.68. The number of amides is 1. The first-order valence-corrected chi connectivity index (χ1v) is 11.6. The fraction of sp³-hybridized carbons (Fsp3) is 0.417. The third-order valence-corrected chi connectivity index (χ3v) is 5.59. The van der Waals surface area contributed by atoms with Crippen molar-refractivity contribution in [1.29, 1.82) is 0 Å². The molecule has 4 rings (SSSR count). The van der Waals surface area contributed by atoms with Gasteiger partial charge in [0.2, 0.25) is 18.1 Å². The summed E-state index contributed by atoms with van der Waals surface area (Å²) in [5.41, 5.74) is 7.21. The number of anilines is 1. The maximum atomic E-state index is 13.6. The molecule has 11 heteroatoms. The zero-order chi connectivity index (χ0) is 24.8. The van der Waals surface area contributed by atoms with Gasteiger partial charge in [-0.25, -0.2) is 19.3 Å². The van der Waals surface area contributed by atoms with Crippen molar-refractivity contribution in [1.82, 2.24) is 25.3 Å². The number of aromatic nitrogens is 4. The summed E-state index contributed by atoms with van der Waals surface area (Å²) in [5.74, 6) is 0.392. The maximum Gasteiger partial charge on any atom is 0.230 e. The minimum Gasteiger partial charge on any atom is -0.355 e. The Labute approximate surface area is 202 Å². The van der Waals surface area contributed by atoms with Crippen LogP contribution in [0.3, 0.4) is 0 Å². The minimum absolute atomic E-state index is 0.108. The molecule has 1 saturated heterocycles. The van der Waals surface area contributed by atoms with Gasteiger partial charge in [0.15, 0.2) is 5.82 Å². The molecule has 1 aromatic carbocycles. The van der Waals surface area contributed by atoms with E-state index in [2.05, 4.69) is 25.6 Å². The van der Waals surface area contributed by atoms with Crippen molar-refractivity contribution in [3.63, 3.8) is 0 Å². The summed E-state index contributed by atoms with van der Waals surface area (Å²) in [5, 5.41) is 5.95.